The second-order valence-corrected chi connectivity index (χ2v) is 7.59. The number of thiophene rings is 1. The first kappa shape index (κ1) is 14.9. The first-order valence-electron chi connectivity index (χ1n) is 7.66. The molecular formula is C15H22N4S2. The number of anilines is 2. The quantitative estimate of drug-likeness (QED) is 0.846. The van der Waals surface area contributed by atoms with Gasteiger partial charge in [0.15, 0.2) is 0 Å². The van der Waals surface area contributed by atoms with E-state index in [4.69, 9.17) is 0 Å². The van der Waals surface area contributed by atoms with Crippen molar-refractivity contribution in [1.82, 2.24) is 9.97 Å². The predicted octanol–water partition coefficient (Wildman–Crippen LogP) is 3.85. The summed E-state index contributed by atoms with van der Waals surface area (Å²) in [6.07, 6.45) is 2.37. The average molecular weight is 323 g/mol. The van der Waals surface area contributed by atoms with E-state index in [1.807, 2.05) is 0 Å². The largest absolute Gasteiger partial charge is 0.369 e. The fourth-order valence-corrected chi connectivity index (χ4v) is 4.75. The fraction of sp³-hybridized carbons (Fsp3) is 0.600. The Labute approximate surface area is 134 Å². The second kappa shape index (κ2) is 6.83. The molecule has 6 heteroatoms. The monoisotopic (exact) mass is 322 g/mol. The van der Waals surface area contributed by atoms with E-state index in [0.717, 1.165) is 42.0 Å². The minimum Gasteiger partial charge on any atom is -0.369 e. The van der Waals surface area contributed by atoms with Gasteiger partial charge < -0.3 is 10.6 Å². The summed E-state index contributed by atoms with van der Waals surface area (Å²) in [6.45, 7) is 6.12. The van der Waals surface area contributed by atoms with Gasteiger partial charge in [0.05, 0.1) is 5.39 Å². The van der Waals surface area contributed by atoms with Crippen molar-refractivity contribution in [2.75, 3.05) is 35.2 Å². The Balaban J connectivity index is 1.87. The predicted molar refractivity (Wildman–Crippen MR) is 94.9 cm³/mol. The van der Waals surface area contributed by atoms with Gasteiger partial charge in [0.1, 0.15) is 10.6 Å². The van der Waals surface area contributed by atoms with Crippen LogP contribution in [0.15, 0.2) is 6.07 Å². The van der Waals surface area contributed by atoms with Crippen molar-refractivity contribution in [2.24, 2.45) is 5.92 Å². The number of thioether (sulfide) groups is 1. The first-order chi connectivity index (χ1) is 10.3. The van der Waals surface area contributed by atoms with Gasteiger partial charge in [-0.2, -0.15) is 16.7 Å². The van der Waals surface area contributed by atoms with E-state index in [2.05, 4.69) is 52.3 Å². The van der Waals surface area contributed by atoms with Gasteiger partial charge in [-0.3, -0.25) is 0 Å². The third kappa shape index (κ3) is 3.43. The highest BCUT2D eigenvalue weighted by atomic mass is 32.2. The van der Waals surface area contributed by atoms with Gasteiger partial charge in [-0.15, -0.1) is 11.3 Å². The summed E-state index contributed by atoms with van der Waals surface area (Å²) in [4.78, 5) is 11.7. The lowest BCUT2D eigenvalue weighted by molar-refractivity contribution is 0.631. The maximum Gasteiger partial charge on any atom is 0.226 e. The zero-order valence-corrected chi connectivity index (χ0v) is 14.2. The molecule has 0 aromatic carbocycles. The van der Waals surface area contributed by atoms with Gasteiger partial charge in [0.2, 0.25) is 5.95 Å². The molecule has 0 aliphatic carbocycles. The van der Waals surface area contributed by atoms with E-state index in [1.165, 1.54) is 28.2 Å². The summed E-state index contributed by atoms with van der Waals surface area (Å²) in [5, 5.41) is 7.97. The fourth-order valence-electron chi connectivity index (χ4n) is 2.50. The maximum atomic E-state index is 4.67. The lowest BCUT2D eigenvalue weighted by atomic mass is 10.1. The summed E-state index contributed by atoms with van der Waals surface area (Å²) in [7, 11) is 0. The summed E-state index contributed by atoms with van der Waals surface area (Å²) in [5.41, 5.74) is 0. The molecule has 2 N–H and O–H groups in total. The summed E-state index contributed by atoms with van der Waals surface area (Å²) in [6, 6.07) is 2.24. The molecule has 1 fully saturated rings. The molecule has 0 spiro atoms. The molecule has 1 saturated heterocycles. The van der Waals surface area contributed by atoms with Crippen LogP contribution < -0.4 is 10.6 Å². The van der Waals surface area contributed by atoms with Crippen LogP contribution in [0.2, 0.25) is 0 Å². The lowest BCUT2D eigenvalue weighted by Crippen LogP contribution is -2.15. The molecule has 2 aromatic heterocycles. The van der Waals surface area contributed by atoms with Crippen LogP contribution in [0.3, 0.4) is 0 Å². The Hall–Kier alpha value is -1.01. The van der Waals surface area contributed by atoms with Crippen LogP contribution in [0.25, 0.3) is 10.2 Å². The third-order valence-electron chi connectivity index (χ3n) is 3.71. The number of nitrogens with one attached hydrogen (secondary N) is 2. The van der Waals surface area contributed by atoms with Crippen LogP contribution >= 0.6 is 23.1 Å². The van der Waals surface area contributed by atoms with Crippen molar-refractivity contribution in [3.63, 3.8) is 0 Å². The van der Waals surface area contributed by atoms with E-state index in [1.54, 1.807) is 11.3 Å². The van der Waals surface area contributed by atoms with Gasteiger partial charge >= 0.3 is 0 Å². The molecule has 1 atom stereocenters. The van der Waals surface area contributed by atoms with Crippen molar-refractivity contribution in [3.05, 3.63) is 10.9 Å². The average Bonchev–Trinajstić information content (AvgIpc) is 3.14. The summed E-state index contributed by atoms with van der Waals surface area (Å²) in [5.74, 6) is 5.06. The lowest BCUT2D eigenvalue weighted by Gasteiger charge is -2.12. The van der Waals surface area contributed by atoms with Crippen molar-refractivity contribution in [3.8, 4) is 0 Å². The molecule has 114 valence electrons. The molecule has 3 heterocycles. The van der Waals surface area contributed by atoms with Crippen LogP contribution in [-0.2, 0) is 6.42 Å². The van der Waals surface area contributed by atoms with E-state index >= 15 is 0 Å². The first-order valence-corrected chi connectivity index (χ1v) is 9.63. The molecule has 1 aliphatic heterocycles. The van der Waals surface area contributed by atoms with Gasteiger partial charge in [0.25, 0.3) is 0 Å². The van der Waals surface area contributed by atoms with Gasteiger partial charge in [-0.05, 0) is 43.3 Å². The highest BCUT2D eigenvalue weighted by Gasteiger charge is 2.17. The topological polar surface area (TPSA) is 49.8 Å². The molecule has 0 radical (unpaired) electrons. The molecule has 1 aliphatic rings. The molecule has 21 heavy (non-hydrogen) atoms. The second-order valence-electron chi connectivity index (χ2n) is 5.32. The normalized spacial score (nSPS) is 18.3. The number of nitrogens with zero attached hydrogens (tertiary/aromatic N) is 2. The smallest absolute Gasteiger partial charge is 0.226 e. The molecule has 1 unspecified atom stereocenters. The zero-order valence-electron chi connectivity index (χ0n) is 12.6. The Morgan fingerprint density at radius 1 is 1.29 bits per heavy atom. The highest BCUT2D eigenvalue weighted by Crippen LogP contribution is 2.31. The van der Waals surface area contributed by atoms with Gasteiger partial charge in [0, 0.05) is 18.0 Å². The van der Waals surface area contributed by atoms with Crippen LogP contribution in [0.5, 0.6) is 0 Å². The zero-order chi connectivity index (χ0) is 14.7. The van der Waals surface area contributed by atoms with Crippen molar-refractivity contribution >= 4 is 45.1 Å². The number of hydrogen-bond acceptors (Lipinski definition) is 6. The Bertz CT molecular complexity index is 605. The summed E-state index contributed by atoms with van der Waals surface area (Å²) < 4.78 is 0. The van der Waals surface area contributed by atoms with Crippen LogP contribution in [0, 0.1) is 5.92 Å². The maximum absolute atomic E-state index is 4.67. The van der Waals surface area contributed by atoms with E-state index in [9.17, 15) is 0 Å². The highest BCUT2D eigenvalue weighted by molar-refractivity contribution is 7.99. The Morgan fingerprint density at radius 2 is 2.19 bits per heavy atom. The molecular weight excluding hydrogens is 300 g/mol. The Kier molecular flexibility index (Phi) is 4.85. The molecule has 0 saturated carbocycles. The SMILES string of the molecule is CCNc1nc(NCC2CCSC2)c2cc(CC)sc2n1. The van der Waals surface area contributed by atoms with E-state index in [-0.39, 0.29) is 0 Å². The van der Waals surface area contributed by atoms with E-state index < -0.39 is 0 Å². The van der Waals surface area contributed by atoms with Crippen LogP contribution in [0.1, 0.15) is 25.1 Å². The molecule has 4 nitrogen and oxygen atoms in total. The summed E-state index contributed by atoms with van der Waals surface area (Å²) >= 11 is 3.83. The number of hydrogen-bond donors (Lipinski definition) is 2. The standard InChI is InChI=1S/C15H22N4S2/c1-3-11-7-12-13(17-8-10-5-6-20-9-10)18-15(16-4-2)19-14(12)21-11/h7,10H,3-6,8-9H2,1-2H3,(H2,16,17,18,19). The van der Waals surface area contributed by atoms with Crippen molar-refractivity contribution in [1.29, 1.82) is 0 Å². The third-order valence-corrected chi connectivity index (χ3v) is 6.11. The van der Waals surface area contributed by atoms with Crippen molar-refractivity contribution in [2.45, 2.75) is 26.7 Å². The molecule has 3 rings (SSSR count). The molecule has 0 amide bonds. The minimum atomic E-state index is 0.734. The van der Waals surface area contributed by atoms with Crippen LogP contribution in [-0.4, -0.2) is 34.6 Å². The molecule has 0 bridgehead atoms. The number of aromatic nitrogens is 2. The van der Waals surface area contributed by atoms with Crippen molar-refractivity contribution < 1.29 is 0 Å². The number of aryl methyl sites for hydroxylation is 1. The van der Waals surface area contributed by atoms with Crippen LogP contribution in [0.4, 0.5) is 11.8 Å². The Morgan fingerprint density at radius 3 is 2.90 bits per heavy atom. The van der Waals surface area contributed by atoms with Gasteiger partial charge in [-0.1, -0.05) is 6.92 Å². The van der Waals surface area contributed by atoms with E-state index in [0.29, 0.717) is 0 Å². The number of rotatable bonds is 6. The van der Waals surface area contributed by atoms with Gasteiger partial charge in [-0.25, -0.2) is 4.98 Å². The number of fused-ring (bicyclic) bond motifs is 1. The minimum absolute atomic E-state index is 0.734. The molecule has 2 aromatic rings.